The summed E-state index contributed by atoms with van der Waals surface area (Å²) in [6.07, 6.45) is 2.75. The Hall–Kier alpha value is -1.88. The highest BCUT2D eigenvalue weighted by atomic mass is 16.5. The highest BCUT2D eigenvalue weighted by Crippen LogP contribution is 2.08. The van der Waals surface area contributed by atoms with Crippen molar-refractivity contribution in [3.05, 3.63) is 35.4 Å². The zero-order valence-electron chi connectivity index (χ0n) is 13.4. The Labute approximate surface area is 132 Å². The summed E-state index contributed by atoms with van der Waals surface area (Å²) in [6.45, 7) is 5.38. The lowest BCUT2D eigenvalue weighted by atomic mass is 10.1. The van der Waals surface area contributed by atoms with Gasteiger partial charge in [-0.25, -0.2) is 4.79 Å². The van der Waals surface area contributed by atoms with E-state index in [1.165, 1.54) is 5.56 Å². The summed E-state index contributed by atoms with van der Waals surface area (Å²) in [5.74, 6) is -0.583. The van der Waals surface area contributed by atoms with Gasteiger partial charge in [-0.2, -0.15) is 0 Å². The Balaban J connectivity index is 2.16. The van der Waals surface area contributed by atoms with Crippen LogP contribution in [0.1, 0.15) is 42.6 Å². The molecular weight excluding hydrogens is 282 g/mol. The third-order valence-electron chi connectivity index (χ3n) is 3.03. The number of rotatable bonds is 10. The van der Waals surface area contributed by atoms with Crippen molar-refractivity contribution in [3.8, 4) is 0 Å². The number of hydrogen-bond acceptors (Lipinski definition) is 5. The topological polar surface area (TPSA) is 64.6 Å². The Bertz CT molecular complexity index is 456. The van der Waals surface area contributed by atoms with E-state index in [4.69, 9.17) is 9.47 Å². The van der Waals surface area contributed by atoms with Crippen molar-refractivity contribution in [1.29, 1.82) is 0 Å². The van der Waals surface area contributed by atoms with E-state index in [0.717, 1.165) is 12.8 Å². The molecule has 0 spiro atoms. The number of esters is 2. The molecule has 1 N–H and O–H groups in total. The smallest absolute Gasteiger partial charge is 0.338 e. The molecule has 0 bridgehead atoms. The number of nitrogens with one attached hydrogen (secondary N) is 1. The molecule has 0 aromatic heterocycles. The van der Waals surface area contributed by atoms with E-state index in [1.54, 1.807) is 19.1 Å². The van der Waals surface area contributed by atoms with Crippen LogP contribution in [0.15, 0.2) is 24.3 Å². The Morgan fingerprint density at radius 1 is 1.09 bits per heavy atom. The fraction of sp³-hybridized carbons (Fsp3) is 0.529. The van der Waals surface area contributed by atoms with Crippen LogP contribution in [0.5, 0.6) is 0 Å². The molecule has 0 saturated heterocycles. The minimum Gasteiger partial charge on any atom is -0.465 e. The number of carbonyl (C=O) groups excluding carboxylic acids is 2. The first-order chi connectivity index (χ1) is 10.7. The molecule has 0 aliphatic rings. The van der Waals surface area contributed by atoms with Crippen molar-refractivity contribution in [2.75, 3.05) is 26.3 Å². The number of ether oxygens (including phenoxy) is 2. The van der Waals surface area contributed by atoms with Gasteiger partial charge in [0.05, 0.1) is 25.3 Å². The molecule has 5 heteroatoms. The molecule has 5 nitrogen and oxygen atoms in total. The third kappa shape index (κ3) is 7.22. The summed E-state index contributed by atoms with van der Waals surface area (Å²) in [4.78, 5) is 22.9. The molecule has 0 amide bonds. The average molecular weight is 307 g/mol. The van der Waals surface area contributed by atoms with E-state index in [9.17, 15) is 9.59 Å². The van der Waals surface area contributed by atoms with Crippen molar-refractivity contribution >= 4 is 11.9 Å². The zero-order valence-corrected chi connectivity index (χ0v) is 13.4. The minimum absolute atomic E-state index is 0.181. The SMILES string of the molecule is CCCc1ccc(C(=O)OCCCNCC(=O)OCC)cc1. The highest BCUT2D eigenvalue weighted by molar-refractivity contribution is 5.89. The molecule has 0 unspecified atom stereocenters. The molecule has 0 aliphatic carbocycles. The van der Waals surface area contributed by atoms with E-state index in [1.807, 2.05) is 12.1 Å². The molecule has 122 valence electrons. The number of carbonyl (C=O) groups is 2. The fourth-order valence-corrected chi connectivity index (χ4v) is 1.94. The Kier molecular flexibility index (Phi) is 8.91. The number of aryl methyl sites for hydroxylation is 1. The van der Waals surface area contributed by atoms with Gasteiger partial charge in [-0.1, -0.05) is 25.5 Å². The Morgan fingerprint density at radius 3 is 2.45 bits per heavy atom. The van der Waals surface area contributed by atoms with Crippen molar-refractivity contribution in [2.45, 2.75) is 33.1 Å². The van der Waals surface area contributed by atoms with Gasteiger partial charge in [0.25, 0.3) is 0 Å². The Morgan fingerprint density at radius 2 is 1.82 bits per heavy atom. The van der Waals surface area contributed by atoms with Crippen LogP contribution < -0.4 is 5.32 Å². The van der Waals surface area contributed by atoms with Crippen molar-refractivity contribution < 1.29 is 19.1 Å². The van der Waals surface area contributed by atoms with E-state index < -0.39 is 0 Å². The monoisotopic (exact) mass is 307 g/mol. The van der Waals surface area contributed by atoms with E-state index in [2.05, 4.69) is 12.2 Å². The van der Waals surface area contributed by atoms with Gasteiger partial charge in [0, 0.05) is 0 Å². The molecule has 1 aromatic carbocycles. The van der Waals surface area contributed by atoms with Crippen LogP contribution in [0.2, 0.25) is 0 Å². The molecule has 1 rings (SSSR count). The van der Waals surface area contributed by atoms with Crippen molar-refractivity contribution in [3.63, 3.8) is 0 Å². The largest absolute Gasteiger partial charge is 0.465 e. The van der Waals surface area contributed by atoms with Crippen LogP contribution in [0.4, 0.5) is 0 Å². The second-order valence-electron chi connectivity index (χ2n) is 4.92. The first kappa shape index (κ1) is 18.2. The molecule has 0 radical (unpaired) electrons. The lowest BCUT2D eigenvalue weighted by molar-refractivity contribution is -0.142. The van der Waals surface area contributed by atoms with E-state index >= 15 is 0 Å². The summed E-state index contributed by atoms with van der Waals surface area (Å²) >= 11 is 0. The molecule has 0 atom stereocenters. The first-order valence-corrected chi connectivity index (χ1v) is 7.79. The summed E-state index contributed by atoms with van der Waals surface area (Å²) in [6, 6.07) is 7.51. The van der Waals surface area contributed by atoms with Crippen LogP contribution in [0.25, 0.3) is 0 Å². The minimum atomic E-state index is -0.312. The fourth-order valence-electron chi connectivity index (χ4n) is 1.94. The first-order valence-electron chi connectivity index (χ1n) is 7.79. The van der Waals surface area contributed by atoms with Gasteiger partial charge in [0.1, 0.15) is 0 Å². The summed E-state index contributed by atoms with van der Waals surface area (Å²) < 4.78 is 9.97. The van der Waals surface area contributed by atoms with Gasteiger partial charge in [0.2, 0.25) is 0 Å². The maximum Gasteiger partial charge on any atom is 0.338 e. The quantitative estimate of drug-likeness (QED) is 0.531. The predicted octanol–water partition coefficient (Wildman–Crippen LogP) is 2.34. The molecule has 0 heterocycles. The third-order valence-corrected chi connectivity index (χ3v) is 3.03. The van der Waals surface area contributed by atoms with Gasteiger partial charge in [-0.3, -0.25) is 4.79 Å². The maximum absolute atomic E-state index is 11.8. The predicted molar refractivity (Wildman–Crippen MR) is 84.8 cm³/mol. The summed E-state index contributed by atoms with van der Waals surface area (Å²) in [7, 11) is 0. The molecule has 1 aromatic rings. The maximum atomic E-state index is 11.8. The van der Waals surface area contributed by atoms with Gasteiger partial charge < -0.3 is 14.8 Å². The van der Waals surface area contributed by atoms with Crippen molar-refractivity contribution in [2.24, 2.45) is 0 Å². The summed E-state index contributed by atoms with van der Waals surface area (Å²) in [5.41, 5.74) is 1.79. The molecular formula is C17H25NO4. The molecule has 0 fully saturated rings. The highest BCUT2D eigenvalue weighted by Gasteiger charge is 2.06. The van der Waals surface area contributed by atoms with Crippen LogP contribution in [0, 0.1) is 0 Å². The molecule has 0 saturated carbocycles. The van der Waals surface area contributed by atoms with Crippen LogP contribution >= 0.6 is 0 Å². The summed E-state index contributed by atoms with van der Waals surface area (Å²) in [5, 5.41) is 2.94. The van der Waals surface area contributed by atoms with Gasteiger partial charge in [-0.15, -0.1) is 0 Å². The standard InChI is InChI=1S/C17H25NO4/c1-3-6-14-7-9-15(10-8-14)17(20)22-12-5-11-18-13-16(19)21-4-2/h7-10,18H,3-6,11-13H2,1-2H3. The second-order valence-corrected chi connectivity index (χ2v) is 4.92. The van der Waals surface area contributed by atoms with Gasteiger partial charge in [0.15, 0.2) is 0 Å². The zero-order chi connectivity index (χ0) is 16.2. The normalized spacial score (nSPS) is 10.3. The molecule has 22 heavy (non-hydrogen) atoms. The van der Waals surface area contributed by atoms with E-state index in [0.29, 0.717) is 31.7 Å². The number of benzene rings is 1. The van der Waals surface area contributed by atoms with Gasteiger partial charge in [-0.05, 0) is 44.0 Å². The lowest BCUT2D eigenvalue weighted by Crippen LogP contribution is -2.26. The van der Waals surface area contributed by atoms with E-state index in [-0.39, 0.29) is 18.5 Å². The van der Waals surface area contributed by atoms with Crippen LogP contribution in [-0.4, -0.2) is 38.2 Å². The average Bonchev–Trinajstić information content (AvgIpc) is 2.52. The number of hydrogen-bond donors (Lipinski definition) is 1. The van der Waals surface area contributed by atoms with Crippen molar-refractivity contribution in [1.82, 2.24) is 5.32 Å². The van der Waals surface area contributed by atoms with Crippen LogP contribution in [0.3, 0.4) is 0 Å². The lowest BCUT2D eigenvalue weighted by Gasteiger charge is -2.07. The second kappa shape index (κ2) is 10.8. The molecule has 0 aliphatic heterocycles. The van der Waals surface area contributed by atoms with Crippen LogP contribution in [-0.2, 0) is 20.7 Å². The van der Waals surface area contributed by atoms with Gasteiger partial charge >= 0.3 is 11.9 Å².